The zero-order valence-electron chi connectivity index (χ0n) is 4.69. The van der Waals surface area contributed by atoms with Gasteiger partial charge in [-0.3, -0.25) is 0 Å². The van der Waals surface area contributed by atoms with Crippen LogP contribution in [0.4, 0.5) is 0 Å². The molecule has 44 valence electrons. The SMILES string of the molecule is C[C@H](N)C#C/C=C/Cl. The molecule has 0 aliphatic carbocycles. The summed E-state index contributed by atoms with van der Waals surface area (Å²) in [5.74, 6) is 5.35. The molecular formula is C6H8ClN. The van der Waals surface area contributed by atoms with Gasteiger partial charge in [0.15, 0.2) is 0 Å². The van der Waals surface area contributed by atoms with Crippen molar-refractivity contribution in [2.24, 2.45) is 5.73 Å². The maximum Gasteiger partial charge on any atom is 0.0639 e. The molecule has 0 aromatic heterocycles. The smallest absolute Gasteiger partial charge is 0.0639 e. The molecule has 0 bridgehead atoms. The summed E-state index contributed by atoms with van der Waals surface area (Å²) in [5.41, 5.74) is 6.64. The van der Waals surface area contributed by atoms with Gasteiger partial charge in [-0.25, -0.2) is 0 Å². The second kappa shape index (κ2) is 4.70. The van der Waals surface area contributed by atoms with Crippen molar-refractivity contribution in [2.75, 3.05) is 0 Å². The molecule has 0 rings (SSSR count). The predicted octanol–water partition coefficient (Wildman–Crippen LogP) is 1.09. The molecule has 0 aliphatic rings. The van der Waals surface area contributed by atoms with Gasteiger partial charge in [-0.2, -0.15) is 0 Å². The van der Waals surface area contributed by atoms with Gasteiger partial charge < -0.3 is 5.73 Å². The molecule has 0 saturated carbocycles. The minimum absolute atomic E-state index is 0.0668. The van der Waals surface area contributed by atoms with Crippen molar-refractivity contribution in [1.29, 1.82) is 0 Å². The normalized spacial score (nSPS) is 12.9. The van der Waals surface area contributed by atoms with Crippen LogP contribution in [-0.4, -0.2) is 6.04 Å². The van der Waals surface area contributed by atoms with E-state index in [-0.39, 0.29) is 6.04 Å². The van der Waals surface area contributed by atoms with E-state index >= 15 is 0 Å². The molecule has 0 heterocycles. The number of hydrogen-bond donors (Lipinski definition) is 1. The van der Waals surface area contributed by atoms with Crippen LogP contribution in [0.5, 0.6) is 0 Å². The standard InChI is InChI=1S/C6H8ClN/c1-6(8)4-2-3-5-7/h3,5-6H,8H2,1H3/b5-3+/t6-/m0/s1. The highest BCUT2D eigenvalue weighted by atomic mass is 35.5. The molecule has 0 spiro atoms. The zero-order valence-corrected chi connectivity index (χ0v) is 5.44. The van der Waals surface area contributed by atoms with Crippen LogP contribution in [0, 0.1) is 11.8 Å². The van der Waals surface area contributed by atoms with Gasteiger partial charge in [-0.1, -0.05) is 23.4 Å². The molecule has 1 nitrogen and oxygen atoms in total. The van der Waals surface area contributed by atoms with E-state index in [9.17, 15) is 0 Å². The van der Waals surface area contributed by atoms with E-state index in [1.807, 2.05) is 6.92 Å². The first-order valence-corrected chi connectivity index (χ1v) is 2.73. The molecule has 0 aliphatic heterocycles. The largest absolute Gasteiger partial charge is 0.318 e. The third-order valence-electron chi connectivity index (χ3n) is 0.457. The van der Waals surface area contributed by atoms with Crippen LogP contribution in [0.2, 0.25) is 0 Å². The van der Waals surface area contributed by atoms with Crippen molar-refractivity contribution in [3.05, 3.63) is 11.6 Å². The van der Waals surface area contributed by atoms with Gasteiger partial charge in [0.1, 0.15) is 0 Å². The fraction of sp³-hybridized carbons (Fsp3) is 0.333. The van der Waals surface area contributed by atoms with Crippen LogP contribution in [0.25, 0.3) is 0 Å². The Balaban J connectivity index is 3.51. The summed E-state index contributed by atoms with van der Waals surface area (Å²) in [4.78, 5) is 0. The second-order valence-electron chi connectivity index (χ2n) is 1.37. The van der Waals surface area contributed by atoms with Crippen molar-refractivity contribution in [3.8, 4) is 11.8 Å². The van der Waals surface area contributed by atoms with Gasteiger partial charge in [-0.15, -0.1) is 0 Å². The van der Waals surface area contributed by atoms with Gasteiger partial charge in [0.05, 0.1) is 6.04 Å². The lowest BCUT2D eigenvalue weighted by atomic mass is 10.4. The number of hydrogen-bond acceptors (Lipinski definition) is 1. The van der Waals surface area contributed by atoms with E-state index in [0.717, 1.165) is 0 Å². The zero-order chi connectivity index (χ0) is 6.41. The van der Waals surface area contributed by atoms with Gasteiger partial charge >= 0.3 is 0 Å². The highest BCUT2D eigenvalue weighted by molar-refractivity contribution is 6.25. The summed E-state index contributed by atoms with van der Waals surface area (Å²) in [6.07, 6.45) is 1.55. The van der Waals surface area contributed by atoms with Crippen LogP contribution in [0.1, 0.15) is 6.92 Å². The number of halogens is 1. The lowest BCUT2D eigenvalue weighted by Crippen LogP contribution is -2.10. The van der Waals surface area contributed by atoms with Crippen molar-refractivity contribution in [2.45, 2.75) is 13.0 Å². The Kier molecular flexibility index (Phi) is 4.44. The third kappa shape index (κ3) is 5.55. The quantitative estimate of drug-likeness (QED) is 0.487. The van der Waals surface area contributed by atoms with Gasteiger partial charge in [0, 0.05) is 5.54 Å². The minimum atomic E-state index is -0.0668. The van der Waals surface area contributed by atoms with Crippen LogP contribution < -0.4 is 5.73 Å². The molecule has 2 N–H and O–H groups in total. The van der Waals surface area contributed by atoms with Crippen LogP contribution in [0.15, 0.2) is 11.6 Å². The molecule has 8 heavy (non-hydrogen) atoms. The average Bonchev–Trinajstić information content (AvgIpc) is 1.66. The summed E-state index contributed by atoms with van der Waals surface area (Å²) in [7, 11) is 0. The van der Waals surface area contributed by atoms with Gasteiger partial charge in [-0.05, 0) is 13.0 Å². The summed E-state index contributed by atoms with van der Waals surface area (Å²) >= 11 is 5.16. The van der Waals surface area contributed by atoms with E-state index in [0.29, 0.717) is 0 Å². The molecule has 2 heteroatoms. The van der Waals surface area contributed by atoms with Crippen molar-refractivity contribution < 1.29 is 0 Å². The van der Waals surface area contributed by atoms with Gasteiger partial charge in [0.2, 0.25) is 0 Å². The maximum atomic E-state index is 5.28. The maximum absolute atomic E-state index is 5.28. The molecule has 0 aromatic rings. The first kappa shape index (κ1) is 7.55. The highest BCUT2D eigenvalue weighted by Gasteiger charge is 1.76. The van der Waals surface area contributed by atoms with E-state index in [1.54, 1.807) is 6.08 Å². The van der Waals surface area contributed by atoms with E-state index in [1.165, 1.54) is 5.54 Å². The summed E-state index contributed by atoms with van der Waals surface area (Å²) in [6.45, 7) is 1.81. The fourth-order valence-electron chi connectivity index (χ4n) is 0.211. The van der Waals surface area contributed by atoms with E-state index in [4.69, 9.17) is 17.3 Å². The lowest BCUT2D eigenvalue weighted by Gasteiger charge is -1.84. The number of nitrogens with two attached hydrogens (primary N) is 1. The predicted molar refractivity (Wildman–Crippen MR) is 36.4 cm³/mol. The molecule has 0 aromatic carbocycles. The monoisotopic (exact) mass is 129 g/mol. The Morgan fingerprint density at radius 1 is 1.75 bits per heavy atom. The Morgan fingerprint density at radius 3 is 2.75 bits per heavy atom. The Morgan fingerprint density at radius 2 is 2.38 bits per heavy atom. The van der Waals surface area contributed by atoms with Crippen molar-refractivity contribution in [1.82, 2.24) is 0 Å². The molecule has 0 unspecified atom stereocenters. The van der Waals surface area contributed by atoms with E-state index in [2.05, 4.69) is 11.8 Å². The van der Waals surface area contributed by atoms with Crippen molar-refractivity contribution in [3.63, 3.8) is 0 Å². The van der Waals surface area contributed by atoms with E-state index < -0.39 is 0 Å². The lowest BCUT2D eigenvalue weighted by molar-refractivity contribution is 0.960. The summed E-state index contributed by atoms with van der Waals surface area (Å²) in [5, 5.41) is 0. The Hall–Kier alpha value is -0.450. The first-order chi connectivity index (χ1) is 3.77. The number of rotatable bonds is 0. The van der Waals surface area contributed by atoms with Crippen LogP contribution >= 0.6 is 11.6 Å². The molecule has 1 atom stereocenters. The molecule has 0 saturated heterocycles. The summed E-state index contributed by atoms with van der Waals surface area (Å²) < 4.78 is 0. The van der Waals surface area contributed by atoms with Gasteiger partial charge in [0.25, 0.3) is 0 Å². The third-order valence-corrected chi connectivity index (χ3v) is 0.583. The van der Waals surface area contributed by atoms with Crippen molar-refractivity contribution >= 4 is 11.6 Å². The van der Waals surface area contributed by atoms with Crippen LogP contribution in [0.3, 0.4) is 0 Å². The average molecular weight is 130 g/mol. The molecular weight excluding hydrogens is 122 g/mol. The Labute approximate surface area is 54.5 Å². The minimum Gasteiger partial charge on any atom is -0.318 e. The number of allylic oxidation sites excluding steroid dienone is 1. The summed E-state index contributed by atoms with van der Waals surface area (Å²) in [6, 6.07) is -0.0668. The van der Waals surface area contributed by atoms with Crippen LogP contribution in [-0.2, 0) is 0 Å². The molecule has 0 amide bonds. The first-order valence-electron chi connectivity index (χ1n) is 2.29. The molecule has 0 radical (unpaired) electrons. The topological polar surface area (TPSA) is 26.0 Å². The fourth-order valence-corrected chi connectivity index (χ4v) is 0.274. The molecule has 0 fully saturated rings. The Bertz CT molecular complexity index is 127. The highest BCUT2D eigenvalue weighted by Crippen LogP contribution is 1.74. The second-order valence-corrected chi connectivity index (χ2v) is 1.62.